The molecule has 1 heterocycles. The van der Waals surface area contributed by atoms with Gasteiger partial charge in [-0.25, -0.2) is 18.4 Å². The number of nitrogens with zero attached hydrogens (tertiary/aromatic N) is 2. The van der Waals surface area contributed by atoms with E-state index in [1.54, 1.807) is 6.92 Å². The fourth-order valence-electron chi connectivity index (χ4n) is 1.76. The summed E-state index contributed by atoms with van der Waals surface area (Å²) in [6.07, 6.45) is 2.91. The second-order valence-corrected chi connectivity index (χ2v) is 6.88. The van der Waals surface area contributed by atoms with Gasteiger partial charge in [0, 0.05) is 11.4 Å². The lowest BCUT2D eigenvalue weighted by molar-refractivity contribution is 0.588. The van der Waals surface area contributed by atoms with E-state index in [0.717, 1.165) is 5.56 Å². The Kier molecular flexibility index (Phi) is 5.14. The van der Waals surface area contributed by atoms with Crippen LogP contribution < -0.4 is 4.72 Å². The number of aromatic nitrogens is 2. The molecule has 1 N–H and O–H groups in total. The molecule has 0 aliphatic carbocycles. The summed E-state index contributed by atoms with van der Waals surface area (Å²) >= 11 is 5.63. The van der Waals surface area contributed by atoms with Crippen molar-refractivity contribution in [1.29, 1.82) is 0 Å². The Hall–Kier alpha value is -1.66. The van der Waals surface area contributed by atoms with E-state index in [1.807, 2.05) is 30.3 Å². The van der Waals surface area contributed by atoms with Gasteiger partial charge in [-0.3, -0.25) is 4.72 Å². The average molecular weight is 326 g/mol. The lowest BCUT2D eigenvalue weighted by atomic mass is 10.2. The van der Waals surface area contributed by atoms with Crippen molar-refractivity contribution in [2.24, 2.45) is 5.92 Å². The van der Waals surface area contributed by atoms with E-state index in [-0.39, 0.29) is 11.7 Å². The van der Waals surface area contributed by atoms with Crippen molar-refractivity contribution in [1.82, 2.24) is 9.97 Å². The van der Waals surface area contributed by atoms with Gasteiger partial charge in [-0.2, -0.15) is 0 Å². The van der Waals surface area contributed by atoms with Crippen LogP contribution in [-0.4, -0.2) is 30.0 Å². The summed E-state index contributed by atoms with van der Waals surface area (Å²) in [5.74, 6) is 0.697. The van der Waals surface area contributed by atoms with Crippen molar-refractivity contribution >= 4 is 27.3 Å². The predicted molar refractivity (Wildman–Crippen MR) is 84.8 cm³/mol. The van der Waals surface area contributed by atoms with E-state index in [2.05, 4.69) is 14.7 Å². The van der Waals surface area contributed by atoms with Crippen LogP contribution in [0.4, 0.5) is 5.69 Å². The van der Waals surface area contributed by atoms with Gasteiger partial charge in [0.15, 0.2) is 5.82 Å². The third kappa shape index (κ3) is 4.68. The molecular weight excluding hydrogens is 310 g/mol. The monoisotopic (exact) mass is 325 g/mol. The first-order chi connectivity index (χ1) is 10.00. The Morgan fingerprint density at radius 3 is 2.38 bits per heavy atom. The molecule has 7 heteroatoms. The van der Waals surface area contributed by atoms with Gasteiger partial charge in [0.2, 0.25) is 10.0 Å². The van der Waals surface area contributed by atoms with Gasteiger partial charge in [0.1, 0.15) is 0 Å². The van der Waals surface area contributed by atoms with Gasteiger partial charge >= 0.3 is 0 Å². The molecule has 0 radical (unpaired) electrons. The molecule has 0 saturated carbocycles. The van der Waals surface area contributed by atoms with Gasteiger partial charge in [-0.05, 0) is 5.92 Å². The van der Waals surface area contributed by atoms with Crippen molar-refractivity contribution in [2.45, 2.75) is 6.92 Å². The SMILES string of the molecule is CC(CCl)CS(=O)(=O)Nc1cnc(-c2ccccc2)nc1. The first-order valence-corrected chi connectivity index (χ1v) is 8.63. The van der Waals surface area contributed by atoms with Crippen molar-refractivity contribution in [2.75, 3.05) is 16.4 Å². The van der Waals surface area contributed by atoms with Crippen LogP contribution in [0.3, 0.4) is 0 Å². The second-order valence-electron chi connectivity index (χ2n) is 4.80. The van der Waals surface area contributed by atoms with Gasteiger partial charge in [-0.15, -0.1) is 11.6 Å². The van der Waals surface area contributed by atoms with Crippen molar-refractivity contribution < 1.29 is 8.42 Å². The minimum Gasteiger partial charge on any atom is -0.280 e. The average Bonchev–Trinajstić information content (AvgIpc) is 2.48. The molecule has 0 fully saturated rings. The maximum atomic E-state index is 11.9. The molecule has 1 atom stereocenters. The van der Waals surface area contributed by atoms with E-state index in [9.17, 15) is 8.42 Å². The highest BCUT2D eigenvalue weighted by Gasteiger charge is 2.15. The molecule has 21 heavy (non-hydrogen) atoms. The topological polar surface area (TPSA) is 72.0 Å². The zero-order chi connectivity index (χ0) is 15.3. The Morgan fingerprint density at radius 1 is 1.19 bits per heavy atom. The number of sulfonamides is 1. The number of halogens is 1. The highest BCUT2D eigenvalue weighted by molar-refractivity contribution is 7.92. The summed E-state index contributed by atoms with van der Waals surface area (Å²) in [5, 5.41) is 0. The highest BCUT2D eigenvalue weighted by Crippen LogP contribution is 2.16. The Labute approximate surface area is 129 Å². The van der Waals surface area contributed by atoms with Gasteiger partial charge in [0.25, 0.3) is 0 Å². The second kappa shape index (κ2) is 6.87. The van der Waals surface area contributed by atoms with E-state index in [4.69, 9.17) is 11.6 Å². The minimum atomic E-state index is -3.44. The molecule has 5 nitrogen and oxygen atoms in total. The van der Waals surface area contributed by atoms with Crippen LogP contribution >= 0.6 is 11.6 Å². The van der Waals surface area contributed by atoms with E-state index < -0.39 is 10.0 Å². The zero-order valence-electron chi connectivity index (χ0n) is 11.5. The van der Waals surface area contributed by atoms with Crippen LogP contribution in [0.15, 0.2) is 42.7 Å². The molecule has 1 unspecified atom stereocenters. The predicted octanol–water partition coefficient (Wildman–Crippen LogP) is 2.76. The standard InChI is InChI=1S/C14H16ClN3O2S/c1-11(7-15)10-21(19,20)18-13-8-16-14(17-9-13)12-5-3-2-4-6-12/h2-6,8-9,11,18H,7,10H2,1H3. The Bertz CT molecular complexity index is 675. The quantitative estimate of drug-likeness (QED) is 0.829. The molecule has 0 bridgehead atoms. The molecule has 1 aromatic carbocycles. The Morgan fingerprint density at radius 2 is 1.81 bits per heavy atom. The van der Waals surface area contributed by atoms with Crippen LogP contribution in [-0.2, 0) is 10.0 Å². The zero-order valence-corrected chi connectivity index (χ0v) is 13.1. The maximum Gasteiger partial charge on any atom is 0.233 e. The van der Waals surface area contributed by atoms with E-state index >= 15 is 0 Å². The first-order valence-electron chi connectivity index (χ1n) is 6.44. The number of benzene rings is 1. The lowest BCUT2D eigenvalue weighted by Crippen LogP contribution is -2.22. The first kappa shape index (κ1) is 15.7. The third-order valence-electron chi connectivity index (χ3n) is 2.72. The third-order valence-corrected chi connectivity index (χ3v) is 4.81. The van der Waals surface area contributed by atoms with E-state index in [1.165, 1.54) is 12.4 Å². The number of nitrogens with one attached hydrogen (secondary N) is 1. The smallest absolute Gasteiger partial charge is 0.233 e. The van der Waals surface area contributed by atoms with Gasteiger partial charge < -0.3 is 0 Å². The molecule has 0 amide bonds. The summed E-state index contributed by atoms with van der Waals surface area (Å²) in [6.45, 7) is 1.78. The number of anilines is 1. The van der Waals surface area contributed by atoms with Crippen LogP contribution in [0, 0.1) is 5.92 Å². The summed E-state index contributed by atoms with van der Waals surface area (Å²) in [4.78, 5) is 8.34. The molecular formula is C14H16ClN3O2S. The number of rotatable bonds is 6. The van der Waals surface area contributed by atoms with Crippen LogP contribution in [0.5, 0.6) is 0 Å². The summed E-state index contributed by atoms with van der Waals surface area (Å²) in [6, 6.07) is 9.47. The highest BCUT2D eigenvalue weighted by atomic mass is 35.5. The summed E-state index contributed by atoms with van der Waals surface area (Å²) in [7, 11) is -3.44. The minimum absolute atomic E-state index is 0.0308. The molecule has 2 aromatic rings. The molecule has 0 aliphatic heterocycles. The van der Waals surface area contributed by atoms with E-state index in [0.29, 0.717) is 17.4 Å². The van der Waals surface area contributed by atoms with Crippen LogP contribution in [0.1, 0.15) is 6.92 Å². The van der Waals surface area contributed by atoms with Gasteiger partial charge in [-0.1, -0.05) is 37.3 Å². The number of hydrogen-bond donors (Lipinski definition) is 1. The molecule has 0 aliphatic rings. The maximum absolute atomic E-state index is 11.9. The van der Waals surface area contributed by atoms with Gasteiger partial charge in [0.05, 0.1) is 23.8 Å². The summed E-state index contributed by atoms with van der Waals surface area (Å²) in [5.41, 5.74) is 1.22. The largest absolute Gasteiger partial charge is 0.280 e. The van der Waals surface area contributed by atoms with Crippen molar-refractivity contribution in [3.63, 3.8) is 0 Å². The molecule has 0 saturated heterocycles. The number of hydrogen-bond acceptors (Lipinski definition) is 4. The number of alkyl halides is 1. The van der Waals surface area contributed by atoms with Crippen LogP contribution in [0.25, 0.3) is 11.4 Å². The fourth-order valence-corrected chi connectivity index (χ4v) is 3.41. The normalized spacial score (nSPS) is 12.9. The van der Waals surface area contributed by atoms with Crippen LogP contribution in [0.2, 0.25) is 0 Å². The molecule has 2 rings (SSSR count). The summed E-state index contributed by atoms with van der Waals surface area (Å²) < 4.78 is 26.2. The molecule has 0 spiro atoms. The van der Waals surface area contributed by atoms with Crippen molar-refractivity contribution in [3.8, 4) is 11.4 Å². The molecule has 112 valence electrons. The molecule has 1 aromatic heterocycles. The lowest BCUT2D eigenvalue weighted by Gasteiger charge is -2.10. The Balaban J connectivity index is 2.10. The fraction of sp³-hybridized carbons (Fsp3) is 0.286. The van der Waals surface area contributed by atoms with Crippen molar-refractivity contribution in [3.05, 3.63) is 42.7 Å².